The minimum Gasteiger partial charge on any atom is -0.352 e. The Balaban J connectivity index is 1.52. The van der Waals surface area contributed by atoms with Crippen molar-refractivity contribution in [1.82, 2.24) is 14.5 Å². The Labute approximate surface area is 177 Å². The number of rotatable bonds is 5. The normalized spacial score (nSPS) is 24.8. The van der Waals surface area contributed by atoms with E-state index in [4.69, 9.17) is 23.2 Å². The van der Waals surface area contributed by atoms with Crippen molar-refractivity contribution in [1.29, 1.82) is 0 Å². The molecule has 1 aromatic carbocycles. The first-order chi connectivity index (χ1) is 13.3. The SMILES string of the molecule is CC1CCC(NC(=O)CN2CCN(S(=O)(=O)c3c(Cl)cccc3Cl)CC2)CC1. The minimum atomic E-state index is -3.76. The highest BCUT2D eigenvalue weighted by Crippen LogP contribution is 2.31. The fourth-order valence-electron chi connectivity index (χ4n) is 3.87. The summed E-state index contributed by atoms with van der Waals surface area (Å²) in [6.07, 6.45) is 4.40. The number of hydrogen-bond donors (Lipinski definition) is 1. The Morgan fingerprint density at radius 2 is 1.64 bits per heavy atom. The lowest BCUT2D eigenvalue weighted by Crippen LogP contribution is -2.52. The van der Waals surface area contributed by atoms with Crippen LogP contribution >= 0.6 is 23.2 Å². The monoisotopic (exact) mass is 447 g/mol. The second-order valence-corrected chi connectivity index (χ2v) is 10.4. The van der Waals surface area contributed by atoms with Gasteiger partial charge in [0.2, 0.25) is 15.9 Å². The van der Waals surface area contributed by atoms with E-state index in [0.29, 0.717) is 32.7 Å². The van der Waals surface area contributed by atoms with Crippen molar-refractivity contribution in [2.75, 3.05) is 32.7 Å². The predicted molar refractivity (Wildman–Crippen MR) is 111 cm³/mol. The Bertz CT molecular complexity index is 782. The van der Waals surface area contributed by atoms with Crippen molar-refractivity contribution in [2.45, 2.75) is 43.5 Å². The molecule has 0 aromatic heterocycles. The highest BCUT2D eigenvalue weighted by atomic mass is 35.5. The second-order valence-electron chi connectivity index (χ2n) is 7.76. The maximum absolute atomic E-state index is 12.9. The smallest absolute Gasteiger partial charge is 0.246 e. The molecule has 9 heteroatoms. The van der Waals surface area contributed by atoms with Gasteiger partial charge in [-0.15, -0.1) is 0 Å². The van der Waals surface area contributed by atoms with Crippen molar-refractivity contribution in [3.63, 3.8) is 0 Å². The second kappa shape index (κ2) is 9.30. The van der Waals surface area contributed by atoms with Gasteiger partial charge in [0.15, 0.2) is 0 Å². The molecule has 1 aromatic rings. The fraction of sp³-hybridized carbons (Fsp3) is 0.632. The maximum Gasteiger partial charge on any atom is 0.246 e. The Morgan fingerprint density at radius 1 is 1.07 bits per heavy atom. The summed E-state index contributed by atoms with van der Waals surface area (Å²) in [5, 5.41) is 3.36. The van der Waals surface area contributed by atoms with Gasteiger partial charge in [-0.3, -0.25) is 9.69 Å². The number of sulfonamides is 1. The minimum absolute atomic E-state index is 0.0185. The van der Waals surface area contributed by atoms with Crippen LogP contribution in [0.2, 0.25) is 10.0 Å². The molecule has 1 N–H and O–H groups in total. The summed E-state index contributed by atoms with van der Waals surface area (Å²) in [7, 11) is -3.76. The molecule has 0 unspecified atom stereocenters. The van der Waals surface area contributed by atoms with Gasteiger partial charge in [-0.05, 0) is 43.7 Å². The van der Waals surface area contributed by atoms with Crippen LogP contribution in [0.1, 0.15) is 32.6 Å². The van der Waals surface area contributed by atoms with E-state index >= 15 is 0 Å². The first-order valence-electron chi connectivity index (χ1n) is 9.73. The summed E-state index contributed by atoms with van der Waals surface area (Å²) >= 11 is 12.2. The van der Waals surface area contributed by atoms with E-state index in [2.05, 4.69) is 12.2 Å². The zero-order valence-electron chi connectivity index (χ0n) is 16.0. The van der Waals surface area contributed by atoms with Crippen molar-refractivity contribution >= 4 is 39.1 Å². The molecule has 3 rings (SSSR count). The Morgan fingerprint density at radius 3 is 2.21 bits per heavy atom. The molecule has 0 bridgehead atoms. The third kappa shape index (κ3) is 5.19. The van der Waals surface area contributed by atoms with E-state index in [1.807, 2.05) is 4.90 Å². The number of carbonyl (C=O) groups is 1. The third-order valence-corrected chi connectivity index (χ3v) is 8.45. The van der Waals surface area contributed by atoms with E-state index in [1.165, 1.54) is 16.4 Å². The van der Waals surface area contributed by atoms with Crippen molar-refractivity contribution < 1.29 is 13.2 Å². The molecule has 28 heavy (non-hydrogen) atoms. The lowest BCUT2D eigenvalue weighted by molar-refractivity contribution is -0.123. The summed E-state index contributed by atoms with van der Waals surface area (Å²) in [4.78, 5) is 14.3. The van der Waals surface area contributed by atoms with E-state index in [0.717, 1.165) is 31.6 Å². The molecule has 0 spiro atoms. The van der Waals surface area contributed by atoms with Crippen LogP contribution in [0, 0.1) is 5.92 Å². The van der Waals surface area contributed by atoms with E-state index < -0.39 is 10.0 Å². The van der Waals surface area contributed by atoms with E-state index in [1.54, 1.807) is 6.07 Å². The van der Waals surface area contributed by atoms with Crippen molar-refractivity contribution in [3.05, 3.63) is 28.2 Å². The predicted octanol–water partition coefficient (Wildman–Crippen LogP) is 2.99. The average molecular weight is 448 g/mol. The molecule has 2 aliphatic rings. The topological polar surface area (TPSA) is 69.7 Å². The summed E-state index contributed by atoms with van der Waals surface area (Å²) in [6, 6.07) is 4.93. The number of amides is 1. The van der Waals surface area contributed by atoms with Gasteiger partial charge in [0.05, 0.1) is 16.6 Å². The summed E-state index contributed by atoms with van der Waals surface area (Å²) in [6.45, 7) is 4.15. The van der Waals surface area contributed by atoms with Crippen molar-refractivity contribution in [3.8, 4) is 0 Å². The average Bonchev–Trinajstić information content (AvgIpc) is 2.64. The molecule has 6 nitrogen and oxygen atoms in total. The van der Waals surface area contributed by atoms with E-state index in [9.17, 15) is 13.2 Å². The Hall–Kier alpha value is -0.860. The Kier molecular flexibility index (Phi) is 7.26. The van der Waals surface area contributed by atoms with Crippen LogP contribution < -0.4 is 5.32 Å². The molecule has 2 fully saturated rings. The van der Waals surface area contributed by atoms with E-state index in [-0.39, 0.29) is 26.9 Å². The number of halogens is 2. The molecular formula is C19H27Cl2N3O3S. The standard InChI is InChI=1S/C19H27Cl2N3O3S/c1-14-5-7-15(8-6-14)22-18(25)13-23-9-11-24(12-10-23)28(26,27)19-16(20)3-2-4-17(19)21/h2-4,14-15H,5-13H2,1H3,(H,22,25). The maximum atomic E-state index is 12.9. The zero-order chi connectivity index (χ0) is 20.3. The quantitative estimate of drug-likeness (QED) is 0.752. The summed E-state index contributed by atoms with van der Waals surface area (Å²) in [5.74, 6) is 0.764. The first kappa shape index (κ1) is 21.8. The number of nitrogens with one attached hydrogen (secondary N) is 1. The lowest BCUT2D eigenvalue weighted by atomic mass is 9.87. The zero-order valence-corrected chi connectivity index (χ0v) is 18.4. The first-order valence-corrected chi connectivity index (χ1v) is 11.9. The molecule has 1 aliphatic heterocycles. The van der Waals surface area contributed by atoms with Gasteiger partial charge in [0.25, 0.3) is 0 Å². The van der Waals surface area contributed by atoms with Gasteiger partial charge in [0, 0.05) is 32.2 Å². The van der Waals surface area contributed by atoms with Crippen LogP contribution in [0.5, 0.6) is 0 Å². The van der Waals surface area contributed by atoms with Gasteiger partial charge in [0.1, 0.15) is 4.90 Å². The lowest BCUT2D eigenvalue weighted by Gasteiger charge is -2.34. The van der Waals surface area contributed by atoms with Gasteiger partial charge in [-0.25, -0.2) is 8.42 Å². The molecular weight excluding hydrogens is 421 g/mol. The molecule has 0 atom stereocenters. The molecule has 1 aliphatic carbocycles. The molecule has 1 saturated carbocycles. The molecule has 156 valence electrons. The number of piperazine rings is 1. The largest absolute Gasteiger partial charge is 0.352 e. The van der Waals surface area contributed by atoms with Crippen LogP contribution in [0.4, 0.5) is 0 Å². The number of hydrogen-bond acceptors (Lipinski definition) is 4. The summed E-state index contributed by atoms with van der Waals surface area (Å²) in [5.41, 5.74) is 0. The van der Waals surface area contributed by atoms with Gasteiger partial charge >= 0.3 is 0 Å². The van der Waals surface area contributed by atoms with Crippen LogP contribution in [-0.4, -0.2) is 62.3 Å². The molecule has 1 amide bonds. The van der Waals surface area contributed by atoms with Crippen molar-refractivity contribution in [2.24, 2.45) is 5.92 Å². The van der Waals surface area contributed by atoms with Gasteiger partial charge < -0.3 is 5.32 Å². The summed E-state index contributed by atoms with van der Waals surface area (Å²) < 4.78 is 27.2. The van der Waals surface area contributed by atoms with Crippen LogP contribution in [-0.2, 0) is 14.8 Å². The molecule has 0 radical (unpaired) electrons. The fourth-order valence-corrected chi connectivity index (χ4v) is 6.38. The van der Waals surface area contributed by atoms with Gasteiger partial charge in [-0.1, -0.05) is 36.2 Å². The van der Waals surface area contributed by atoms with Crippen LogP contribution in [0.3, 0.4) is 0 Å². The number of benzene rings is 1. The molecule has 1 saturated heterocycles. The molecule has 1 heterocycles. The van der Waals surface area contributed by atoms with Gasteiger partial charge in [-0.2, -0.15) is 4.31 Å². The van der Waals surface area contributed by atoms with Crippen LogP contribution in [0.15, 0.2) is 23.1 Å². The number of carbonyl (C=O) groups excluding carboxylic acids is 1. The number of nitrogens with zero attached hydrogens (tertiary/aromatic N) is 2. The van der Waals surface area contributed by atoms with Crippen LogP contribution in [0.25, 0.3) is 0 Å². The third-order valence-electron chi connectivity index (χ3n) is 5.60. The highest BCUT2D eigenvalue weighted by molar-refractivity contribution is 7.89. The highest BCUT2D eigenvalue weighted by Gasteiger charge is 2.32.